The van der Waals surface area contributed by atoms with Crippen molar-refractivity contribution in [2.45, 2.75) is 12.5 Å². The van der Waals surface area contributed by atoms with Gasteiger partial charge in [-0.15, -0.1) is 0 Å². The van der Waals surface area contributed by atoms with E-state index in [-0.39, 0.29) is 12.4 Å². The number of aliphatic hydroxyl groups excluding tert-OH is 1. The molecule has 0 fully saturated rings. The van der Waals surface area contributed by atoms with Gasteiger partial charge in [-0.3, -0.25) is 0 Å². The van der Waals surface area contributed by atoms with Crippen LogP contribution in [0, 0.1) is 11.6 Å². The Hall–Kier alpha value is -1.94. The van der Waals surface area contributed by atoms with Crippen molar-refractivity contribution in [3.05, 3.63) is 65.7 Å². The fourth-order valence-electron chi connectivity index (χ4n) is 1.72. The standard InChI is InChI=1S/C15H14F2O2/c16-12-7-4-8-14(15(12)17)19-10-9-13(18)11-5-2-1-3-6-11/h1-8,13,18H,9-10H2. The Kier molecular flexibility index (Phi) is 4.47. The van der Waals surface area contributed by atoms with Crippen molar-refractivity contribution in [1.29, 1.82) is 0 Å². The van der Waals surface area contributed by atoms with Gasteiger partial charge in [0.25, 0.3) is 0 Å². The minimum absolute atomic E-state index is 0.108. The molecule has 1 N–H and O–H groups in total. The summed E-state index contributed by atoms with van der Waals surface area (Å²) in [5.74, 6) is -2.09. The maximum absolute atomic E-state index is 13.3. The number of ether oxygens (including phenoxy) is 1. The number of rotatable bonds is 5. The van der Waals surface area contributed by atoms with E-state index in [1.54, 1.807) is 12.1 Å². The first-order valence-corrected chi connectivity index (χ1v) is 5.98. The molecule has 0 bridgehead atoms. The van der Waals surface area contributed by atoms with E-state index in [1.807, 2.05) is 18.2 Å². The van der Waals surface area contributed by atoms with Crippen LogP contribution in [0.2, 0.25) is 0 Å². The lowest BCUT2D eigenvalue weighted by molar-refractivity contribution is 0.139. The molecular weight excluding hydrogens is 250 g/mol. The monoisotopic (exact) mass is 264 g/mol. The van der Waals surface area contributed by atoms with Gasteiger partial charge in [-0.25, -0.2) is 4.39 Å². The van der Waals surface area contributed by atoms with Crippen LogP contribution in [-0.2, 0) is 0 Å². The van der Waals surface area contributed by atoms with Gasteiger partial charge in [0.2, 0.25) is 5.82 Å². The highest BCUT2D eigenvalue weighted by molar-refractivity contribution is 5.25. The van der Waals surface area contributed by atoms with Gasteiger partial charge < -0.3 is 9.84 Å². The zero-order valence-corrected chi connectivity index (χ0v) is 10.2. The molecule has 100 valence electrons. The molecule has 2 aromatic rings. The average molecular weight is 264 g/mol. The van der Waals surface area contributed by atoms with E-state index in [0.717, 1.165) is 11.6 Å². The van der Waals surface area contributed by atoms with Gasteiger partial charge >= 0.3 is 0 Å². The molecule has 0 aliphatic heterocycles. The van der Waals surface area contributed by atoms with Crippen LogP contribution in [-0.4, -0.2) is 11.7 Å². The maximum atomic E-state index is 13.3. The Labute approximate surface area is 110 Å². The van der Waals surface area contributed by atoms with Crippen LogP contribution >= 0.6 is 0 Å². The minimum Gasteiger partial charge on any atom is -0.490 e. The molecule has 0 saturated carbocycles. The molecule has 4 heteroatoms. The smallest absolute Gasteiger partial charge is 0.200 e. The average Bonchev–Trinajstić information content (AvgIpc) is 2.44. The largest absolute Gasteiger partial charge is 0.490 e. The van der Waals surface area contributed by atoms with Gasteiger partial charge in [0.1, 0.15) is 0 Å². The van der Waals surface area contributed by atoms with Crippen LogP contribution in [0.4, 0.5) is 8.78 Å². The Morgan fingerprint density at radius 2 is 1.74 bits per heavy atom. The van der Waals surface area contributed by atoms with Gasteiger partial charge in [0.15, 0.2) is 11.6 Å². The van der Waals surface area contributed by atoms with Crippen molar-refractivity contribution in [2.24, 2.45) is 0 Å². The molecule has 1 atom stereocenters. The summed E-state index contributed by atoms with van der Waals surface area (Å²) in [5, 5.41) is 9.87. The lowest BCUT2D eigenvalue weighted by Crippen LogP contribution is -2.06. The molecule has 2 rings (SSSR count). The molecule has 0 heterocycles. The first kappa shape index (κ1) is 13.5. The van der Waals surface area contributed by atoms with E-state index in [4.69, 9.17) is 4.74 Å². The number of hydrogen-bond acceptors (Lipinski definition) is 2. The summed E-state index contributed by atoms with van der Waals surface area (Å²) in [6, 6.07) is 12.9. The maximum Gasteiger partial charge on any atom is 0.200 e. The van der Waals surface area contributed by atoms with Crippen LogP contribution in [0.25, 0.3) is 0 Å². The fraction of sp³-hybridized carbons (Fsp3) is 0.200. The Morgan fingerprint density at radius 1 is 1.00 bits per heavy atom. The van der Waals surface area contributed by atoms with E-state index >= 15 is 0 Å². The number of halogens is 2. The molecular formula is C15H14F2O2. The first-order chi connectivity index (χ1) is 9.18. The minimum atomic E-state index is -1.00. The molecule has 2 aromatic carbocycles. The van der Waals surface area contributed by atoms with Crippen LogP contribution < -0.4 is 4.74 Å². The topological polar surface area (TPSA) is 29.5 Å². The Balaban J connectivity index is 1.88. The van der Waals surface area contributed by atoms with Crippen molar-refractivity contribution < 1.29 is 18.6 Å². The lowest BCUT2D eigenvalue weighted by Gasteiger charge is -2.12. The Bertz CT molecular complexity index is 529. The summed E-state index contributed by atoms with van der Waals surface area (Å²) in [6.45, 7) is 0.108. The molecule has 19 heavy (non-hydrogen) atoms. The predicted octanol–water partition coefficient (Wildman–Crippen LogP) is 3.47. The van der Waals surface area contributed by atoms with Crippen LogP contribution in [0.1, 0.15) is 18.1 Å². The van der Waals surface area contributed by atoms with Gasteiger partial charge in [0, 0.05) is 6.42 Å². The first-order valence-electron chi connectivity index (χ1n) is 5.98. The summed E-state index contributed by atoms with van der Waals surface area (Å²) in [5.41, 5.74) is 0.769. The summed E-state index contributed by atoms with van der Waals surface area (Å²) >= 11 is 0. The van der Waals surface area contributed by atoms with Crippen molar-refractivity contribution >= 4 is 0 Å². The summed E-state index contributed by atoms with van der Waals surface area (Å²) in [4.78, 5) is 0. The zero-order chi connectivity index (χ0) is 13.7. The quantitative estimate of drug-likeness (QED) is 0.896. The van der Waals surface area contributed by atoms with E-state index in [1.165, 1.54) is 12.1 Å². The number of hydrogen-bond donors (Lipinski definition) is 1. The molecule has 0 aromatic heterocycles. The molecule has 2 nitrogen and oxygen atoms in total. The summed E-state index contributed by atoms with van der Waals surface area (Å²) < 4.78 is 31.3. The predicted molar refractivity (Wildman–Crippen MR) is 67.9 cm³/mol. The van der Waals surface area contributed by atoms with Crippen molar-refractivity contribution in [1.82, 2.24) is 0 Å². The number of benzene rings is 2. The summed E-state index contributed by atoms with van der Waals surface area (Å²) in [7, 11) is 0. The normalized spacial score (nSPS) is 12.2. The third-order valence-corrected chi connectivity index (χ3v) is 2.75. The SMILES string of the molecule is OC(CCOc1cccc(F)c1F)c1ccccc1. The molecule has 0 aliphatic carbocycles. The highest BCUT2D eigenvalue weighted by atomic mass is 19.2. The zero-order valence-electron chi connectivity index (χ0n) is 10.2. The third-order valence-electron chi connectivity index (χ3n) is 2.75. The van der Waals surface area contributed by atoms with E-state index in [2.05, 4.69) is 0 Å². The van der Waals surface area contributed by atoms with Crippen LogP contribution in [0.5, 0.6) is 5.75 Å². The van der Waals surface area contributed by atoms with Crippen LogP contribution in [0.15, 0.2) is 48.5 Å². The molecule has 0 aliphatic rings. The van der Waals surface area contributed by atoms with Gasteiger partial charge in [0.05, 0.1) is 12.7 Å². The molecule has 0 spiro atoms. The molecule has 0 amide bonds. The fourth-order valence-corrected chi connectivity index (χ4v) is 1.72. The van der Waals surface area contributed by atoms with E-state index in [0.29, 0.717) is 6.42 Å². The Morgan fingerprint density at radius 3 is 2.47 bits per heavy atom. The summed E-state index contributed by atoms with van der Waals surface area (Å²) in [6.07, 6.45) is -0.377. The second kappa shape index (κ2) is 6.29. The lowest BCUT2D eigenvalue weighted by atomic mass is 10.1. The van der Waals surface area contributed by atoms with Crippen molar-refractivity contribution in [3.8, 4) is 5.75 Å². The van der Waals surface area contributed by atoms with E-state index < -0.39 is 17.7 Å². The third kappa shape index (κ3) is 3.51. The molecule has 0 saturated heterocycles. The van der Waals surface area contributed by atoms with Crippen molar-refractivity contribution in [2.75, 3.05) is 6.61 Å². The number of aliphatic hydroxyl groups is 1. The highest BCUT2D eigenvalue weighted by Gasteiger charge is 2.10. The highest BCUT2D eigenvalue weighted by Crippen LogP contribution is 2.21. The van der Waals surface area contributed by atoms with Gasteiger partial charge in [-0.05, 0) is 17.7 Å². The van der Waals surface area contributed by atoms with Crippen molar-refractivity contribution in [3.63, 3.8) is 0 Å². The molecule has 1 unspecified atom stereocenters. The second-order valence-corrected chi connectivity index (χ2v) is 4.12. The van der Waals surface area contributed by atoms with Crippen LogP contribution in [0.3, 0.4) is 0 Å². The molecule has 0 radical (unpaired) electrons. The van der Waals surface area contributed by atoms with Gasteiger partial charge in [-0.2, -0.15) is 4.39 Å². The van der Waals surface area contributed by atoms with Gasteiger partial charge in [-0.1, -0.05) is 36.4 Å². The second-order valence-electron chi connectivity index (χ2n) is 4.12. The van der Waals surface area contributed by atoms with E-state index in [9.17, 15) is 13.9 Å².